The van der Waals surface area contributed by atoms with Crippen molar-refractivity contribution in [2.75, 3.05) is 37.8 Å². The van der Waals surface area contributed by atoms with Crippen molar-refractivity contribution >= 4 is 16.3 Å². The molecule has 26 heavy (non-hydrogen) atoms. The number of hydrogen-bond donors (Lipinski definition) is 1. The van der Waals surface area contributed by atoms with Crippen LogP contribution in [0.1, 0.15) is 19.4 Å². The van der Waals surface area contributed by atoms with Gasteiger partial charge in [-0.3, -0.25) is 0 Å². The van der Waals surface area contributed by atoms with Crippen LogP contribution in [0.25, 0.3) is 0 Å². The summed E-state index contributed by atoms with van der Waals surface area (Å²) in [4.78, 5) is 2.09. The summed E-state index contributed by atoms with van der Waals surface area (Å²) in [7, 11) is 0. The van der Waals surface area contributed by atoms with Gasteiger partial charge in [-0.05, 0) is 49.9 Å². The van der Waals surface area contributed by atoms with E-state index in [2.05, 4.69) is 4.90 Å². The number of benzene rings is 1. The number of rotatable bonds is 12. The monoisotopic (exact) mass is 379 g/mol. The van der Waals surface area contributed by atoms with Gasteiger partial charge in [0, 0.05) is 19.8 Å². The van der Waals surface area contributed by atoms with Crippen molar-refractivity contribution in [2.24, 2.45) is 0 Å². The summed E-state index contributed by atoms with van der Waals surface area (Å²) in [5, 5.41) is 13.6. The first-order valence-corrected chi connectivity index (χ1v) is 9.90. The molecule has 0 aliphatic heterocycles. The van der Waals surface area contributed by atoms with E-state index in [1.165, 1.54) is 0 Å². The van der Waals surface area contributed by atoms with Gasteiger partial charge < -0.3 is 24.2 Å². The lowest BCUT2D eigenvalue weighted by Gasteiger charge is -2.29. The van der Waals surface area contributed by atoms with Gasteiger partial charge in [0.2, 0.25) is 0 Å². The summed E-state index contributed by atoms with van der Waals surface area (Å²) < 4.78 is 17.1. The number of nitrogens with zero attached hydrogens (tertiary/aromatic N) is 1. The molecule has 1 atom stereocenters. The van der Waals surface area contributed by atoms with Crippen LogP contribution in [0.4, 0.5) is 5.00 Å². The van der Waals surface area contributed by atoms with Crippen LogP contribution >= 0.6 is 11.3 Å². The molecule has 0 saturated heterocycles. The first-order valence-electron chi connectivity index (χ1n) is 9.02. The fourth-order valence-corrected chi connectivity index (χ4v) is 3.37. The topological polar surface area (TPSA) is 51.2 Å². The molecule has 1 unspecified atom stereocenters. The number of thiophene rings is 1. The lowest BCUT2D eigenvalue weighted by molar-refractivity contribution is -0.129. The zero-order valence-electron chi connectivity index (χ0n) is 15.8. The first kappa shape index (κ1) is 20.7. The van der Waals surface area contributed by atoms with E-state index in [0.29, 0.717) is 26.3 Å². The second kappa shape index (κ2) is 11.2. The Morgan fingerprint density at radius 2 is 1.77 bits per heavy atom. The molecule has 0 aliphatic carbocycles. The molecule has 0 spiro atoms. The van der Waals surface area contributed by atoms with Crippen LogP contribution < -0.4 is 9.64 Å². The Balaban J connectivity index is 1.96. The van der Waals surface area contributed by atoms with Crippen molar-refractivity contribution in [3.8, 4) is 5.75 Å². The number of aliphatic hydroxyl groups excluding tert-OH is 1. The minimum absolute atomic E-state index is 0.237. The standard InChI is InChI=1S/C20H29NO4S/c1-4-23-20(24-5-2)14-21(19-11-8-12-26-19)13-17(22)15-25-18-10-7-6-9-16(18)3/h6-12,17,20,22H,4-5,13-15H2,1-3H3. The van der Waals surface area contributed by atoms with Crippen molar-refractivity contribution in [2.45, 2.75) is 33.2 Å². The quantitative estimate of drug-likeness (QED) is 0.570. The SMILES string of the molecule is CCOC(CN(CC(O)COc1ccccc1C)c1cccs1)OCC. The zero-order valence-corrected chi connectivity index (χ0v) is 16.6. The number of hydrogen-bond acceptors (Lipinski definition) is 6. The van der Waals surface area contributed by atoms with Crippen molar-refractivity contribution in [3.05, 3.63) is 47.3 Å². The summed E-state index contributed by atoms with van der Waals surface area (Å²) >= 11 is 1.63. The van der Waals surface area contributed by atoms with Crippen LogP contribution in [-0.4, -0.2) is 50.4 Å². The summed E-state index contributed by atoms with van der Waals surface area (Å²) in [6, 6.07) is 11.8. The number of ether oxygens (including phenoxy) is 3. The van der Waals surface area contributed by atoms with E-state index in [1.807, 2.05) is 62.5 Å². The molecule has 1 aromatic heterocycles. The molecule has 5 nitrogen and oxygen atoms in total. The fraction of sp³-hybridized carbons (Fsp3) is 0.500. The Kier molecular flexibility index (Phi) is 8.91. The number of aryl methyl sites for hydroxylation is 1. The highest BCUT2D eigenvalue weighted by molar-refractivity contribution is 7.14. The second-order valence-electron chi connectivity index (χ2n) is 5.93. The van der Waals surface area contributed by atoms with Crippen LogP contribution in [0.3, 0.4) is 0 Å². The maximum Gasteiger partial charge on any atom is 0.174 e. The number of anilines is 1. The van der Waals surface area contributed by atoms with Crippen molar-refractivity contribution < 1.29 is 19.3 Å². The third-order valence-electron chi connectivity index (χ3n) is 3.85. The highest BCUT2D eigenvalue weighted by atomic mass is 32.1. The van der Waals surface area contributed by atoms with Gasteiger partial charge in [0.25, 0.3) is 0 Å². The minimum atomic E-state index is -0.624. The Labute approximate surface area is 160 Å². The fourth-order valence-electron chi connectivity index (χ4n) is 2.62. The molecule has 1 N–H and O–H groups in total. The van der Waals surface area contributed by atoms with E-state index in [1.54, 1.807) is 11.3 Å². The summed E-state index contributed by atoms with van der Waals surface area (Å²) in [5.41, 5.74) is 1.06. The smallest absolute Gasteiger partial charge is 0.174 e. The van der Waals surface area contributed by atoms with Gasteiger partial charge >= 0.3 is 0 Å². The van der Waals surface area contributed by atoms with Crippen molar-refractivity contribution in [1.29, 1.82) is 0 Å². The molecule has 144 valence electrons. The van der Waals surface area contributed by atoms with Gasteiger partial charge in [-0.2, -0.15) is 0 Å². The van der Waals surface area contributed by atoms with E-state index in [0.717, 1.165) is 16.3 Å². The molecule has 0 radical (unpaired) electrons. The van der Waals surface area contributed by atoms with Crippen LogP contribution in [0.5, 0.6) is 5.75 Å². The van der Waals surface area contributed by atoms with Crippen LogP contribution in [0, 0.1) is 6.92 Å². The van der Waals surface area contributed by atoms with E-state index < -0.39 is 6.10 Å². The van der Waals surface area contributed by atoms with Crippen LogP contribution in [-0.2, 0) is 9.47 Å². The normalized spacial score (nSPS) is 12.3. The third-order valence-corrected chi connectivity index (χ3v) is 4.78. The van der Waals surface area contributed by atoms with Crippen LogP contribution in [0.2, 0.25) is 0 Å². The van der Waals surface area contributed by atoms with Gasteiger partial charge in [0.1, 0.15) is 18.5 Å². The van der Waals surface area contributed by atoms with Crippen molar-refractivity contribution in [3.63, 3.8) is 0 Å². The second-order valence-corrected chi connectivity index (χ2v) is 6.85. The molecule has 2 rings (SSSR count). The van der Waals surface area contributed by atoms with Gasteiger partial charge in [0.15, 0.2) is 6.29 Å². The van der Waals surface area contributed by atoms with E-state index in [9.17, 15) is 5.11 Å². The highest BCUT2D eigenvalue weighted by Gasteiger charge is 2.19. The average Bonchev–Trinajstić information content (AvgIpc) is 3.15. The largest absolute Gasteiger partial charge is 0.491 e. The molecule has 0 fully saturated rings. The summed E-state index contributed by atoms with van der Waals surface area (Å²) in [6.45, 7) is 8.31. The predicted molar refractivity (Wildman–Crippen MR) is 106 cm³/mol. The Bertz CT molecular complexity index is 614. The zero-order chi connectivity index (χ0) is 18.8. The Morgan fingerprint density at radius 3 is 2.38 bits per heavy atom. The molecule has 1 aromatic carbocycles. The van der Waals surface area contributed by atoms with Gasteiger partial charge in [-0.25, -0.2) is 0 Å². The van der Waals surface area contributed by atoms with E-state index in [4.69, 9.17) is 14.2 Å². The van der Waals surface area contributed by atoms with E-state index in [-0.39, 0.29) is 12.9 Å². The first-order chi connectivity index (χ1) is 12.6. The molecule has 6 heteroatoms. The highest BCUT2D eigenvalue weighted by Crippen LogP contribution is 2.23. The molecule has 2 aromatic rings. The molecule has 1 heterocycles. The molecule has 0 saturated carbocycles. The Morgan fingerprint density at radius 1 is 1.04 bits per heavy atom. The molecule has 0 amide bonds. The number of aliphatic hydroxyl groups is 1. The van der Waals surface area contributed by atoms with Gasteiger partial charge in [0.05, 0.1) is 11.5 Å². The van der Waals surface area contributed by atoms with Crippen LogP contribution in [0.15, 0.2) is 41.8 Å². The molecule has 0 aliphatic rings. The van der Waals surface area contributed by atoms with E-state index >= 15 is 0 Å². The van der Waals surface area contributed by atoms with Gasteiger partial charge in [-0.15, -0.1) is 11.3 Å². The molecule has 0 bridgehead atoms. The molecular formula is C20H29NO4S. The maximum atomic E-state index is 10.5. The lowest BCUT2D eigenvalue weighted by atomic mass is 10.2. The Hall–Kier alpha value is -1.60. The third kappa shape index (κ3) is 6.61. The minimum Gasteiger partial charge on any atom is -0.491 e. The summed E-state index contributed by atoms with van der Waals surface area (Å²) in [5.74, 6) is 0.802. The number of para-hydroxylation sites is 1. The predicted octanol–water partition coefficient (Wildman–Crippen LogP) is 3.70. The molecular weight excluding hydrogens is 350 g/mol. The summed E-state index contributed by atoms with van der Waals surface area (Å²) in [6.07, 6.45) is -0.947. The van der Waals surface area contributed by atoms with Crippen molar-refractivity contribution in [1.82, 2.24) is 0 Å². The average molecular weight is 380 g/mol. The lowest BCUT2D eigenvalue weighted by Crippen LogP contribution is -2.41. The van der Waals surface area contributed by atoms with Gasteiger partial charge in [-0.1, -0.05) is 18.2 Å². The maximum absolute atomic E-state index is 10.5.